The summed E-state index contributed by atoms with van der Waals surface area (Å²) >= 11 is 0. The number of amides is 1. The van der Waals surface area contributed by atoms with E-state index in [9.17, 15) is 9.59 Å². The number of rotatable bonds is 4. The van der Waals surface area contributed by atoms with E-state index in [0.29, 0.717) is 19.5 Å². The van der Waals surface area contributed by atoms with Gasteiger partial charge in [-0.1, -0.05) is 0 Å². The summed E-state index contributed by atoms with van der Waals surface area (Å²) in [7, 11) is 1.79. The maximum Gasteiger partial charge on any atom is 0.307 e. The van der Waals surface area contributed by atoms with E-state index in [0.717, 1.165) is 0 Å². The van der Waals surface area contributed by atoms with Crippen molar-refractivity contribution in [3.05, 3.63) is 0 Å². The van der Waals surface area contributed by atoms with Crippen LogP contribution in [0, 0.1) is 5.92 Å². The number of piperidine rings is 1. The van der Waals surface area contributed by atoms with Gasteiger partial charge in [0.2, 0.25) is 5.91 Å². The van der Waals surface area contributed by atoms with Gasteiger partial charge in [0.15, 0.2) is 0 Å². The number of primary amides is 1. The Labute approximate surface area is 88.4 Å². The van der Waals surface area contributed by atoms with E-state index < -0.39 is 17.8 Å². The molecule has 2 unspecified atom stereocenters. The van der Waals surface area contributed by atoms with E-state index in [1.54, 1.807) is 11.9 Å². The van der Waals surface area contributed by atoms with Crippen molar-refractivity contribution in [3.8, 4) is 0 Å². The average Bonchev–Trinajstić information content (AvgIpc) is 2.16. The predicted octanol–water partition coefficient (Wildman–Crippen LogP) is -1.53. The van der Waals surface area contributed by atoms with Gasteiger partial charge in [-0.2, -0.15) is 0 Å². The fourth-order valence-corrected chi connectivity index (χ4v) is 1.93. The average molecular weight is 215 g/mol. The van der Waals surface area contributed by atoms with Crippen LogP contribution >= 0.6 is 0 Å². The van der Waals surface area contributed by atoms with Gasteiger partial charge < -0.3 is 16.2 Å². The fraction of sp³-hybridized carbons (Fsp3) is 0.778. The molecule has 86 valence electrons. The summed E-state index contributed by atoms with van der Waals surface area (Å²) in [6.45, 7) is 1.20. The Kier molecular flexibility index (Phi) is 4.05. The third kappa shape index (κ3) is 3.49. The van der Waals surface area contributed by atoms with Crippen LogP contribution in [0.5, 0.6) is 0 Å². The van der Waals surface area contributed by atoms with Gasteiger partial charge in [-0.3, -0.25) is 14.5 Å². The third-order valence-corrected chi connectivity index (χ3v) is 2.66. The number of likely N-dealkylation sites (tertiary alicyclic amines) is 1. The van der Waals surface area contributed by atoms with E-state index in [2.05, 4.69) is 5.32 Å². The Bertz CT molecular complexity index is 257. The van der Waals surface area contributed by atoms with Gasteiger partial charge in [-0.15, -0.1) is 0 Å². The first-order valence-electron chi connectivity index (χ1n) is 4.93. The van der Waals surface area contributed by atoms with Crippen LogP contribution in [0.4, 0.5) is 0 Å². The number of hydrogen-bond donors (Lipinski definition) is 3. The zero-order chi connectivity index (χ0) is 11.4. The smallest absolute Gasteiger partial charge is 0.307 e. The number of nitrogens with one attached hydrogen (secondary N) is 1. The number of hydrogen-bond acceptors (Lipinski definition) is 4. The minimum absolute atomic E-state index is 0.110. The number of carbonyl (C=O) groups excluding carboxylic acids is 1. The van der Waals surface area contributed by atoms with Gasteiger partial charge in [0.1, 0.15) is 0 Å². The summed E-state index contributed by atoms with van der Waals surface area (Å²) in [6, 6.07) is 0.110. The van der Waals surface area contributed by atoms with E-state index in [4.69, 9.17) is 10.8 Å². The Morgan fingerprint density at radius 2 is 2.20 bits per heavy atom. The minimum atomic E-state index is -0.815. The molecule has 6 nitrogen and oxygen atoms in total. The maximum absolute atomic E-state index is 10.9. The lowest BCUT2D eigenvalue weighted by atomic mass is 9.94. The van der Waals surface area contributed by atoms with Crippen molar-refractivity contribution in [2.45, 2.75) is 12.5 Å². The molecule has 2 atom stereocenters. The first-order valence-corrected chi connectivity index (χ1v) is 4.93. The summed E-state index contributed by atoms with van der Waals surface area (Å²) in [6.07, 6.45) is 0.598. The Morgan fingerprint density at radius 3 is 2.67 bits per heavy atom. The molecule has 6 heteroatoms. The standard InChI is InChI=1S/C9H17N3O3/c1-11-7-2-6(9(14)15)3-12(4-7)5-8(10)13/h6-7,11H,2-5H2,1H3,(H2,10,13)(H,14,15). The normalized spacial score (nSPS) is 27.5. The lowest BCUT2D eigenvalue weighted by Crippen LogP contribution is -2.52. The first-order chi connectivity index (χ1) is 7.02. The van der Waals surface area contributed by atoms with Crippen LogP contribution in [-0.2, 0) is 9.59 Å². The van der Waals surface area contributed by atoms with Crippen LogP contribution in [0.25, 0.3) is 0 Å². The van der Waals surface area contributed by atoms with Crippen molar-refractivity contribution in [2.24, 2.45) is 11.7 Å². The predicted molar refractivity (Wildman–Crippen MR) is 54.2 cm³/mol. The molecule has 1 fully saturated rings. The van der Waals surface area contributed by atoms with E-state index in [1.807, 2.05) is 0 Å². The lowest BCUT2D eigenvalue weighted by Gasteiger charge is -2.35. The highest BCUT2D eigenvalue weighted by molar-refractivity contribution is 5.76. The number of likely N-dealkylation sites (N-methyl/N-ethyl adjacent to an activating group) is 1. The molecule has 1 heterocycles. The van der Waals surface area contributed by atoms with Crippen LogP contribution in [-0.4, -0.2) is 54.6 Å². The van der Waals surface area contributed by atoms with E-state index in [1.165, 1.54) is 0 Å². The van der Waals surface area contributed by atoms with Crippen LogP contribution < -0.4 is 11.1 Å². The highest BCUT2D eigenvalue weighted by atomic mass is 16.4. The van der Waals surface area contributed by atoms with Crippen molar-refractivity contribution in [1.29, 1.82) is 0 Å². The van der Waals surface area contributed by atoms with Crippen LogP contribution in [0.1, 0.15) is 6.42 Å². The molecule has 15 heavy (non-hydrogen) atoms. The van der Waals surface area contributed by atoms with Crippen LogP contribution in [0.3, 0.4) is 0 Å². The molecular weight excluding hydrogens is 198 g/mol. The van der Waals surface area contributed by atoms with Gasteiger partial charge in [0.05, 0.1) is 12.5 Å². The molecule has 0 bridgehead atoms. The quantitative estimate of drug-likeness (QED) is 0.528. The van der Waals surface area contributed by atoms with Gasteiger partial charge in [-0.25, -0.2) is 0 Å². The first kappa shape index (κ1) is 11.9. The third-order valence-electron chi connectivity index (χ3n) is 2.66. The summed E-state index contributed by atoms with van der Waals surface area (Å²) in [5.74, 6) is -1.66. The van der Waals surface area contributed by atoms with Gasteiger partial charge >= 0.3 is 5.97 Å². The second-order valence-corrected chi connectivity index (χ2v) is 3.92. The highest BCUT2D eigenvalue weighted by Gasteiger charge is 2.31. The minimum Gasteiger partial charge on any atom is -0.481 e. The zero-order valence-corrected chi connectivity index (χ0v) is 8.77. The SMILES string of the molecule is CNC1CC(C(=O)O)CN(CC(N)=O)C1. The summed E-state index contributed by atoms with van der Waals surface area (Å²) < 4.78 is 0. The maximum atomic E-state index is 10.9. The fourth-order valence-electron chi connectivity index (χ4n) is 1.93. The topological polar surface area (TPSA) is 95.7 Å². The van der Waals surface area contributed by atoms with E-state index >= 15 is 0 Å². The summed E-state index contributed by atoms with van der Waals surface area (Å²) in [5, 5.41) is 12.0. The second kappa shape index (κ2) is 5.09. The molecule has 0 saturated carbocycles. The monoisotopic (exact) mass is 215 g/mol. The van der Waals surface area contributed by atoms with Gasteiger partial charge in [-0.05, 0) is 13.5 Å². The number of carboxylic acid groups (broad SMARTS) is 1. The molecule has 0 radical (unpaired) electrons. The molecule has 1 amide bonds. The van der Waals surface area contributed by atoms with Crippen molar-refractivity contribution >= 4 is 11.9 Å². The largest absolute Gasteiger partial charge is 0.481 e. The molecule has 0 aromatic rings. The molecule has 0 aliphatic carbocycles. The lowest BCUT2D eigenvalue weighted by molar-refractivity contribution is -0.144. The Balaban J connectivity index is 2.58. The molecule has 1 saturated heterocycles. The van der Waals surface area contributed by atoms with Crippen LogP contribution in [0.15, 0.2) is 0 Å². The number of aliphatic carboxylic acids is 1. The van der Waals surface area contributed by atoms with Gasteiger partial charge in [0.25, 0.3) is 0 Å². The van der Waals surface area contributed by atoms with Crippen molar-refractivity contribution in [3.63, 3.8) is 0 Å². The molecule has 1 aliphatic heterocycles. The van der Waals surface area contributed by atoms with E-state index in [-0.39, 0.29) is 12.6 Å². The van der Waals surface area contributed by atoms with Crippen LogP contribution in [0.2, 0.25) is 0 Å². The zero-order valence-electron chi connectivity index (χ0n) is 8.77. The number of carboxylic acids is 1. The molecule has 0 spiro atoms. The second-order valence-electron chi connectivity index (χ2n) is 3.92. The highest BCUT2D eigenvalue weighted by Crippen LogP contribution is 2.16. The van der Waals surface area contributed by atoms with Crippen molar-refractivity contribution in [2.75, 3.05) is 26.7 Å². The number of carbonyl (C=O) groups is 2. The molecule has 0 aromatic carbocycles. The van der Waals surface area contributed by atoms with Crippen molar-refractivity contribution < 1.29 is 14.7 Å². The Morgan fingerprint density at radius 1 is 1.53 bits per heavy atom. The molecule has 0 aromatic heterocycles. The number of nitrogens with zero attached hydrogens (tertiary/aromatic N) is 1. The summed E-state index contributed by atoms with van der Waals surface area (Å²) in [5.41, 5.74) is 5.08. The molecule has 1 rings (SSSR count). The Hall–Kier alpha value is -1.14. The summed E-state index contributed by atoms with van der Waals surface area (Å²) in [4.78, 5) is 23.4. The molecule has 4 N–H and O–H groups in total. The number of nitrogens with two attached hydrogens (primary N) is 1. The molecular formula is C9H17N3O3. The van der Waals surface area contributed by atoms with Gasteiger partial charge in [0, 0.05) is 19.1 Å². The molecule has 1 aliphatic rings. The van der Waals surface area contributed by atoms with Crippen molar-refractivity contribution in [1.82, 2.24) is 10.2 Å².